The van der Waals surface area contributed by atoms with E-state index in [2.05, 4.69) is 17.9 Å². The molecule has 2 rings (SSSR count). The van der Waals surface area contributed by atoms with E-state index in [-0.39, 0.29) is 11.2 Å². The molecule has 0 radical (unpaired) electrons. The van der Waals surface area contributed by atoms with Crippen molar-refractivity contribution in [1.29, 1.82) is 0 Å². The van der Waals surface area contributed by atoms with Gasteiger partial charge in [0.2, 0.25) is 5.78 Å². The van der Waals surface area contributed by atoms with Crippen LogP contribution in [0.15, 0.2) is 30.3 Å². The summed E-state index contributed by atoms with van der Waals surface area (Å²) in [6, 6.07) is 7.72. The van der Waals surface area contributed by atoms with Crippen LogP contribution in [0.25, 0.3) is 6.08 Å². The van der Waals surface area contributed by atoms with Crippen molar-refractivity contribution in [3.05, 3.63) is 40.9 Å². The first-order valence-corrected chi connectivity index (χ1v) is 9.63. The lowest BCUT2D eigenvalue weighted by molar-refractivity contribution is -0.284. The van der Waals surface area contributed by atoms with E-state index >= 15 is 0 Å². The zero-order valence-corrected chi connectivity index (χ0v) is 17.7. The number of ether oxygens (including phenoxy) is 2. The first-order valence-electron chi connectivity index (χ1n) is 9.25. The molecule has 0 atom stereocenters. The molecule has 0 amide bonds. The third kappa shape index (κ3) is 6.50. The monoisotopic (exact) mass is 388 g/mol. The van der Waals surface area contributed by atoms with Gasteiger partial charge in [-0.15, -0.1) is 0 Å². The second kappa shape index (κ2) is 8.61. The standard InChI is InChI=1S/C23H29ClO3/c1-21(2,3)20(25)13-9-15-23(16-26-22(4,5)27-17-23)14-8-11-18-10-6-7-12-19(18)24/h6-8,10-12H,14-17H2,1-5H3/b11-8+. The molecule has 3 nitrogen and oxygen atoms in total. The quantitative estimate of drug-likeness (QED) is 0.503. The van der Waals surface area contributed by atoms with Gasteiger partial charge >= 0.3 is 0 Å². The molecular formula is C23H29ClO3. The summed E-state index contributed by atoms with van der Waals surface area (Å²) < 4.78 is 11.8. The van der Waals surface area contributed by atoms with Gasteiger partial charge in [0, 0.05) is 22.3 Å². The minimum Gasteiger partial charge on any atom is -0.350 e. The van der Waals surface area contributed by atoms with Crippen molar-refractivity contribution in [3.8, 4) is 11.8 Å². The normalized spacial score (nSPS) is 18.7. The van der Waals surface area contributed by atoms with Crippen molar-refractivity contribution in [1.82, 2.24) is 0 Å². The van der Waals surface area contributed by atoms with Crippen LogP contribution in [0.2, 0.25) is 5.02 Å². The smallest absolute Gasteiger partial charge is 0.210 e. The van der Waals surface area contributed by atoms with Gasteiger partial charge < -0.3 is 9.47 Å². The van der Waals surface area contributed by atoms with Gasteiger partial charge in [-0.1, -0.05) is 68.6 Å². The maximum absolute atomic E-state index is 12.1. The lowest BCUT2D eigenvalue weighted by Crippen LogP contribution is -2.46. The molecule has 1 aliphatic rings. The summed E-state index contributed by atoms with van der Waals surface area (Å²) in [6.07, 6.45) is 5.36. The minimum absolute atomic E-state index is 0.0535. The van der Waals surface area contributed by atoms with Crippen molar-refractivity contribution in [2.75, 3.05) is 13.2 Å². The highest BCUT2D eigenvalue weighted by atomic mass is 35.5. The first-order chi connectivity index (χ1) is 12.5. The number of Topliss-reactive ketones (excluding diaryl/α,β-unsaturated/α-hetero) is 1. The second-order valence-electron chi connectivity index (χ2n) is 8.66. The summed E-state index contributed by atoms with van der Waals surface area (Å²) in [5.41, 5.74) is 0.241. The summed E-state index contributed by atoms with van der Waals surface area (Å²) in [6.45, 7) is 10.5. The molecule has 0 aromatic heterocycles. The van der Waals surface area contributed by atoms with Crippen molar-refractivity contribution in [2.45, 2.75) is 53.2 Å². The Labute approximate surface area is 168 Å². The number of rotatable bonds is 4. The Morgan fingerprint density at radius 1 is 1.22 bits per heavy atom. The lowest BCUT2D eigenvalue weighted by Gasteiger charge is -2.42. The molecule has 27 heavy (non-hydrogen) atoms. The topological polar surface area (TPSA) is 35.5 Å². The fraction of sp³-hybridized carbons (Fsp3) is 0.522. The molecule has 0 bridgehead atoms. The molecule has 146 valence electrons. The number of hydrogen-bond acceptors (Lipinski definition) is 3. The van der Waals surface area contributed by atoms with Crippen LogP contribution in [0.1, 0.15) is 53.0 Å². The molecule has 1 saturated heterocycles. The van der Waals surface area contributed by atoms with Crippen molar-refractivity contribution < 1.29 is 14.3 Å². The average Bonchev–Trinajstić information content (AvgIpc) is 2.58. The van der Waals surface area contributed by atoms with Crippen LogP contribution < -0.4 is 0 Å². The second-order valence-corrected chi connectivity index (χ2v) is 9.07. The van der Waals surface area contributed by atoms with Crippen molar-refractivity contribution in [3.63, 3.8) is 0 Å². The van der Waals surface area contributed by atoms with Gasteiger partial charge in [0.15, 0.2) is 5.79 Å². The number of hydrogen-bond donors (Lipinski definition) is 0. The van der Waals surface area contributed by atoms with Crippen LogP contribution in [0.4, 0.5) is 0 Å². The van der Waals surface area contributed by atoms with E-state index in [4.69, 9.17) is 21.1 Å². The minimum atomic E-state index is -0.593. The molecule has 0 saturated carbocycles. The van der Waals surface area contributed by atoms with E-state index in [0.29, 0.717) is 19.6 Å². The van der Waals surface area contributed by atoms with Gasteiger partial charge in [0.05, 0.1) is 13.2 Å². The fourth-order valence-electron chi connectivity index (χ4n) is 2.57. The maximum atomic E-state index is 12.1. The Kier molecular flexibility index (Phi) is 6.92. The van der Waals surface area contributed by atoms with E-state index in [1.807, 2.05) is 65.0 Å². The molecule has 4 heteroatoms. The molecule has 1 aromatic rings. The number of carbonyl (C=O) groups excluding carboxylic acids is 1. The van der Waals surface area contributed by atoms with Crippen LogP contribution in [-0.4, -0.2) is 24.8 Å². The van der Waals surface area contributed by atoms with E-state index in [1.54, 1.807) is 0 Å². The predicted molar refractivity (Wildman–Crippen MR) is 110 cm³/mol. The maximum Gasteiger partial charge on any atom is 0.210 e. The summed E-state index contributed by atoms with van der Waals surface area (Å²) in [4.78, 5) is 12.1. The fourth-order valence-corrected chi connectivity index (χ4v) is 2.77. The number of halogens is 1. The Hall–Kier alpha value is -1.60. The van der Waals surface area contributed by atoms with Crippen LogP contribution >= 0.6 is 11.6 Å². The van der Waals surface area contributed by atoms with Gasteiger partial charge in [0.25, 0.3) is 0 Å². The Balaban J connectivity index is 2.13. The summed E-state index contributed by atoms with van der Waals surface area (Å²) in [5, 5.41) is 0.718. The van der Waals surface area contributed by atoms with Crippen LogP contribution in [0.5, 0.6) is 0 Å². The van der Waals surface area contributed by atoms with Gasteiger partial charge in [-0.05, 0) is 37.8 Å². The van der Waals surface area contributed by atoms with E-state index in [9.17, 15) is 4.79 Å². The third-order valence-electron chi connectivity index (χ3n) is 4.55. The predicted octanol–water partition coefficient (Wildman–Crippen LogP) is 5.52. The molecule has 1 aromatic carbocycles. The SMILES string of the molecule is CC1(C)OCC(CC#CC(=O)C(C)(C)C)(C/C=C/c2ccccc2Cl)CO1. The van der Waals surface area contributed by atoms with Gasteiger partial charge in [0.1, 0.15) is 0 Å². The molecule has 0 N–H and O–H groups in total. The highest BCUT2D eigenvalue weighted by Gasteiger charge is 2.39. The van der Waals surface area contributed by atoms with Crippen molar-refractivity contribution >= 4 is 23.5 Å². The lowest BCUT2D eigenvalue weighted by atomic mass is 9.81. The van der Waals surface area contributed by atoms with Crippen LogP contribution in [-0.2, 0) is 14.3 Å². The zero-order valence-electron chi connectivity index (χ0n) is 16.9. The van der Waals surface area contributed by atoms with E-state index in [1.165, 1.54) is 0 Å². The molecular weight excluding hydrogens is 360 g/mol. The molecule has 1 aliphatic heterocycles. The molecule has 0 unspecified atom stereocenters. The van der Waals surface area contributed by atoms with E-state index in [0.717, 1.165) is 17.0 Å². The molecule has 0 spiro atoms. The Morgan fingerprint density at radius 3 is 2.44 bits per heavy atom. The average molecular weight is 389 g/mol. The summed E-state index contributed by atoms with van der Waals surface area (Å²) in [7, 11) is 0. The molecule has 1 fully saturated rings. The third-order valence-corrected chi connectivity index (χ3v) is 4.90. The van der Waals surface area contributed by atoms with Crippen molar-refractivity contribution in [2.24, 2.45) is 10.8 Å². The first kappa shape index (κ1) is 21.7. The largest absolute Gasteiger partial charge is 0.350 e. The Bertz CT molecular complexity index is 750. The van der Waals surface area contributed by atoms with Crippen LogP contribution in [0.3, 0.4) is 0 Å². The number of ketones is 1. The van der Waals surface area contributed by atoms with E-state index < -0.39 is 11.2 Å². The van der Waals surface area contributed by atoms with Crippen LogP contribution in [0, 0.1) is 22.7 Å². The Morgan fingerprint density at radius 2 is 1.85 bits per heavy atom. The number of benzene rings is 1. The molecule has 0 aliphatic carbocycles. The zero-order chi connectivity index (χ0) is 20.1. The summed E-state index contributed by atoms with van der Waals surface area (Å²) >= 11 is 6.22. The highest BCUT2D eigenvalue weighted by molar-refractivity contribution is 6.32. The van der Waals surface area contributed by atoms with Gasteiger partial charge in [-0.3, -0.25) is 4.79 Å². The summed E-state index contributed by atoms with van der Waals surface area (Å²) in [5.74, 6) is 5.21. The molecule has 1 heterocycles. The van der Waals surface area contributed by atoms with Gasteiger partial charge in [-0.25, -0.2) is 0 Å². The number of allylic oxidation sites excluding steroid dienone is 1. The highest BCUT2D eigenvalue weighted by Crippen LogP contribution is 2.36. The number of carbonyl (C=O) groups is 1. The van der Waals surface area contributed by atoms with Gasteiger partial charge in [-0.2, -0.15) is 0 Å².